The molecule has 0 amide bonds. The van der Waals surface area contributed by atoms with E-state index in [-0.39, 0.29) is 10.5 Å². The Morgan fingerprint density at radius 1 is 1.14 bits per heavy atom. The summed E-state index contributed by atoms with van der Waals surface area (Å²) >= 11 is 1.81. The first-order chi connectivity index (χ1) is 10.2. The number of hydrogen-bond acceptors (Lipinski definition) is 4. The van der Waals surface area contributed by atoms with Crippen LogP contribution in [0.3, 0.4) is 0 Å². The lowest BCUT2D eigenvalue weighted by atomic mass is 10.0. The molecule has 2 heterocycles. The van der Waals surface area contributed by atoms with Crippen LogP contribution >= 0.6 is 11.8 Å². The lowest BCUT2D eigenvalue weighted by Crippen LogP contribution is -2.40. The zero-order valence-corrected chi connectivity index (χ0v) is 13.9. The van der Waals surface area contributed by atoms with Crippen molar-refractivity contribution in [1.82, 2.24) is 4.31 Å². The quantitative estimate of drug-likeness (QED) is 0.852. The molecule has 4 nitrogen and oxygen atoms in total. The fourth-order valence-corrected chi connectivity index (χ4v) is 6.63. The van der Waals surface area contributed by atoms with Crippen LogP contribution in [0.1, 0.15) is 49.5 Å². The van der Waals surface area contributed by atoms with Crippen molar-refractivity contribution < 1.29 is 12.8 Å². The van der Waals surface area contributed by atoms with Gasteiger partial charge in [0.1, 0.15) is 5.76 Å². The molecule has 0 radical (unpaired) electrons. The van der Waals surface area contributed by atoms with Gasteiger partial charge < -0.3 is 4.42 Å². The molecule has 0 aromatic carbocycles. The SMILES string of the molecule is O=S(=O)(C1CCCCC1)N1CCSC(c2ccco2)CC1. The van der Waals surface area contributed by atoms with Crippen LogP contribution in [-0.4, -0.2) is 36.8 Å². The number of thioether (sulfide) groups is 1. The van der Waals surface area contributed by atoms with Gasteiger partial charge in [-0.2, -0.15) is 0 Å². The van der Waals surface area contributed by atoms with Crippen LogP contribution in [0.25, 0.3) is 0 Å². The third kappa shape index (κ3) is 3.48. The smallest absolute Gasteiger partial charge is 0.217 e. The minimum absolute atomic E-state index is 0.142. The van der Waals surface area contributed by atoms with E-state index < -0.39 is 10.0 Å². The Morgan fingerprint density at radius 3 is 2.67 bits per heavy atom. The summed E-state index contributed by atoms with van der Waals surface area (Å²) < 4.78 is 32.8. The topological polar surface area (TPSA) is 50.5 Å². The van der Waals surface area contributed by atoms with Crippen molar-refractivity contribution in [3.8, 4) is 0 Å². The van der Waals surface area contributed by atoms with Crippen LogP contribution in [-0.2, 0) is 10.0 Å². The average Bonchev–Trinajstić information content (AvgIpc) is 2.92. The Hall–Kier alpha value is -0.460. The summed E-state index contributed by atoms with van der Waals surface area (Å²) in [6, 6.07) is 3.89. The summed E-state index contributed by atoms with van der Waals surface area (Å²) in [7, 11) is -3.11. The lowest BCUT2D eigenvalue weighted by molar-refractivity contribution is 0.393. The Kier molecular flexibility index (Phi) is 4.96. The number of furan rings is 1. The fraction of sp³-hybridized carbons (Fsp3) is 0.733. The molecule has 1 aromatic heterocycles. The van der Waals surface area contributed by atoms with Crippen molar-refractivity contribution in [1.29, 1.82) is 0 Å². The Balaban J connectivity index is 1.66. The molecule has 1 saturated carbocycles. The predicted molar refractivity (Wildman–Crippen MR) is 85.9 cm³/mol. The molecule has 1 aliphatic carbocycles. The highest BCUT2D eigenvalue weighted by Gasteiger charge is 2.34. The van der Waals surface area contributed by atoms with Crippen molar-refractivity contribution in [3.63, 3.8) is 0 Å². The van der Waals surface area contributed by atoms with Gasteiger partial charge >= 0.3 is 0 Å². The number of nitrogens with zero attached hydrogens (tertiary/aromatic N) is 1. The fourth-order valence-electron chi connectivity index (χ4n) is 3.28. The highest BCUT2D eigenvalue weighted by molar-refractivity contribution is 7.99. The van der Waals surface area contributed by atoms with E-state index in [2.05, 4.69) is 0 Å². The minimum Gasteiger partial charge on any atom is -0.468 e. The molecule has 1 aliphatic heterocycles. The minimum atomic E-state index is -3.11. The second kappa shape index (κ2) is 6.75. The van der Waals surface area contributed by atoms with Gasteiger partial charge in [-0.15, -0.1) is 11.8 Å². The zero-order valence-electron chi connectivity index (χ0n) is 12.2. The maximum absolute atomic E-state index is 12.8. The highest BCUT2D eigenvalue weighted by Crippen LogP contribution is 2.36. The molecule has 0 bridgehead atoms. The van der Waals surface area contributed by atoms with Crippen molar-refractivity contribution >= 4 is 21.8 Å². The number of rotatable bonds is 3. The van der Waals surface area contributed by atoms with E-state index in [0.717, 1.165) is 43.6 Å². The summed E-state index contributed by atoms with van der Waals surface area (Å²) in [4.78, 5) is 0. The normalized spacial score (nSPS) is 26.6. The van der Waals surface area contributed by atoms with Gasteiger partial charge in [-0.25, -0.2) is 12.7 Å². The predicted octanol–water partition coefficient (Wildman–Crippen LogP) is 3.42. The maximum Gasteiger partial charge on any atom is 0.217 e. The van der Waals surface area contributed by atoms with Gasteiger partial charge in [-0.05, 0) is 31.4 Å². The maximum atomic E-state index is 12.8. The van der Waals surface area contributed by atoms with Crippen LogP contribution < -0.4 is 0 Å². The van der Waals surface area contributed by atoms with E-state index in [1.54, 1.807) is 10.6 Å². The molecular weight excluding hydrogens is 306 g/mol. The largest absolute Gasteiger partial charge is 0.468 e. The van der Waals surface area contributed by atoms with Crippen molar-refractivity contribution in [3.05, 3.63) is 24.2 Å². The second-order valence-electron chi connectivity index (χ2n) is 5.87. The molecule has 118 valence electrons. The molecule has 1 unspecified atom stereocenters. The van der Waals surface area contributed by atoms with E-state index in [0.29, 0.717) is 13.1 Å². The molecule has 3 rings (SSSR count). The molecule has 2 fully saturated rings. The van der Waals surface area contributed by atoms with E-state index in [9.17, 15) is 8.42 Å². The summed E-state index contributed by atoms with van der Waals surface area (Å²) in [5.41, 5.74) is 0. The number of sulfonamides is 1. The Bertz CT molecular complexity index is 535. The van der Waals surface area contributed by atoms with Crippen molar-refractivity contribution in [2.45, 2.75) is 49.0 Å². The molecule has 1 saturated heterocycles. The third-order valence-electron chi connectivity index (χ3n) is 4.49. The van der Waals surface area contributed by atoms with Crippen LogP contribution in [0.5, 0.6) is 0 Å². The highest BCUT2D eigenvalue weighted by atomic mass is 32.2. The van der Waals surface area contributed by atoms with E-state index >= 15 is 0 Å². The van der Waals surface area contributed by atoms with Crippen LogP contribution in [0.2, 0.25) is 0 Å². The monoisotopic (exact) mass is 329 g/mol. The standard InChI is InChI=1S/C15H23NO3S2/c17-21(18,13-5-2-1-3-6-13)16-9-8-15(20-12-10-16)14-7-4-11-19-14/h4,7,11,13,15H,1-3,5-6,8-10,12H2. The van der Waals surface area contributed by atoms with Gasteiger partial charge in [-0.3, -0.25) is 0 Å². The van der Waals surface area contributed by atoms with Gasteiger partial charge in [0.05, 0.1) is 16.8 Å². The Morgan fingerprint density at radius 2 is 1.95 bits per heavy atom. The first kappa shape index (κ1) is 15.4. The summed E-state index contributed by atoms with van der Waals surface area (Å²) in [5, 5.41) is 0.142. The molecule has 1 aromatic rings. The van der Waals surface area contributed by atoms with Gasteiger partial charge in [0.15, 0.2) is 0 Å². The van der Waals surface area contributed by atoms with Gasteiger partial charge in [0, 0.05) is 18.8 Å². The third-order valence-corrected chi connectivity index (χ3v) is 8.18. The van der Waals surface area contributed by atoms with Gasteiger partial charge in [0.25, 0.3) is 0 Å². The van der Waals surface area contributed by atoms with Crippen LogP contribution in [0, 0.1) is 0 Å². The summed E-state index contributed by atoms with van der Waals surface area (Å²) in [5.74, 6) is 1.81. The lowest BCUT2D eigenvalue weighted by Gasteiger charge is -2.28. The molecule has 21 heavy (non-hydrogen) atoms. The average molecular weight is 329 g/mol. The van der Waals surface area contributed by atoms with E-state index in [1.807, 2.05) is 23.9 Å². The van der Waals surface area contributed by atoms with Gasteiger partial charge in [0.2, 0.25) is 10.0 Å². The molecule has 0 N–H and O–H groups in total. The molecule has 6 heteroatoms. The summed E-state index contributed by atoms with van der Waals surface area (Å²) in [6.07, 6.45) is 7.51. The first-order valence-electron chi connectivity index (χ1n) is 7.82. The summed E-state index contributed by atoms with van der Waals surface area (Å²) in [6.45, 7) is 1.26. The Labute approximate surface area is 131 Å². The first-order valence-corrected chi connectivity index (χ1v) is 10.4. The molecule has 0 spiro atoms. The van der Waals surface area contributed by atoms with E-state index in [4.69, 9.17) is 4.42 Å². The van der Waals surface area contributed by atoms with Crippen LogP contribution in [0.15, 0.2) is 22.8 Å². The van der Waals surface area contributed by atoms with Crippen LogP contribution in [0.4, 0.5) is 0 Å². The van der Waals surface area contributed by atoms with Gasteiger partial charge in [-0.1, -0.05) is 19.3 Å². The molecular formula is C15H23NO3S2. The van der Waals surface area contributed by atoms with E-state index in [1.165, 1.54) is 6.42 Å². The molecule has 1 atom stereocenters. The molecule has 2 aliphatic rings. The van der Waals surface area contributed by atoms with Crippen molar-refractivity contribution in [2.75, 3.05) is 18.8 Å². The number of hydrogen-bond donors (Lipinski definition) is 0. The second-order valence-corrected chi connectivity index (χ2v) is 9.39. The zero-order chi connectivity index (χ0) is 14.7. The van der Waals surface area contributed by atoms with Crippen molar-refractivity contribution in [2.24, 2.45) is 0 Å².